The third-order valence-corrected chi connectivity index (χ3v) is 5.35. The summed E-state index contributed by atoms with van der Waals surface area (Å²) in [6, 6.07) is 5.91. The van der Waals surface area contributed by atoms with Crippen LogP contribution in [0.1, 0.15) is 41.9 Å². The van der Waals surface area contributed by atoms with Gasteiger partial charge in [0.1, 0.15) is 0 Å². The van der Waals surface area contributed by atoms with E-state index in [-0.39, 0.29) is 23.6 Å². The van der Waals surface area contributed by atoms with Crippen LogP contribution in [0.2, 0.25) is 0 Å². The van der Waals surface area contributed by atoms with Crippen molar-refractivity contribution in [3.8, 4) is 0 Å². The van der Waals surface area contributed by atoms with E-state index in [1.54, 1.807) is 0 Å². The van der Waals surface area contributed by atoms with Gasteiger partial charge in [0.05, 0.1) is 11.2 Å². The molecular formula is C19H25N9O. The highest BCUT2D eigenvalue weighted by Crippen LogP contribution is 2.25. The zero-order valence-corrected chi connectivity index (χ0v) is 16.5. The summed E-state index contributed by atoms with van der Waals surface area (Å²) in [5.74, 6) is -0.134. The SMILES string of the molecule is Cc1nn(C)c2ccc(Nc3nc(N[C@@H]4CCCC[C@@H]4N)nnc3C(N)=O)cc12. The predicted octanol–water partition coefficient (Wildman–Crippen LogP) is 1.59. The number of aromatic nitrogens is 5. The second-order valence-corrected chi connectivity index (χ2v) is 7.46. The number of anilines is 3. The number of carbonyl (C=O) groups is 1. The van der Waals surface area contributed by atoms with Gasteiger partial charge in [0.15, 0.2) is 11.5 Å². The molecule has 1 amide bonds. The van der Waals surface area contributed by atoms with Crippen LogP contribution >= 0.6 is 0 Å². The fourth-order valence-corrected chi connectivity index (χ4v) is 3.80. The summed E-state index contributed by atoms with van der Waals surface area (Å²) in [7, 11) is 1.90. The monoisotopic (exact) mass is 395 g/mol. The first-order valence-corrected chi connectivity index (χ1v) is 9.69. The van der Waals surface area contributed by atoms with E-state index in [1.807, 2.05) is 36.9 Å². The summed E-state index contributed by atoms with van der Waals surface area (Å²) in [6.45, 7) is 1.95. The van der Waals surface area contributed by atoms with Gasteiger partial charge in [-0.3, -0.25) is 9.48 Å². The first-order valence-electron chi connectivity index (χ1n) is 9.69. The fourth-order valence-electron chi connectivity index (χ4n) is 3.80. The van der Waals surface area contributed by atoms with Gasteiger partial charge in [-0.25, -0.2) is 0 Å². The number of nitrogens with two attached hydrogens (primary N) is 2. The quantitative estimate of drug-likeness (QED) is 0.509. The van der Waals surface area contributed by atoms with Crippen LogP contribution in [-0.4, -0.2) is 43.0 Å². The molecule has 4 rings (SSSR count). The Labute approximate surface area is 168 Å². The maximum absolute atomic E-state index is 11.8. The topological polar surface area (TPSA) is 150 Å². The third-order valence-electron chi connectivity index (χ3n) is 5.35. The maximum Gasteiger partial charge on any atom is 0.273 e. The highest BCUT2D eigenvalue weighted by atomic mass is 16.1. The summed E-state index contributed by atoms with van der Waals surface area (Å²) >= 11 is 0. The highest BCUT2D eigenvalue weighted by molar-refractivity contribution is 5.96. The van der Waals surface area contributed by atoms with Gasteiger partial charge in [-0.05, 0) is 38.0 Å². The molecule has 10 nitrogen and oxygen atoms in total. The lowest BCUT2D eigenvalue weighted by molar-refractivity contribution is 0.0995. The molecule has 2 atom stereocenters. The molecule has 6 N–H and O–H groups in total. The first kappa shape index (κ1) is 19.1. The van der Waals surface area contributed by atoms with E-state index < -0.39 is 5.91 Å². The molecule has 0 radical (unpaired) electrons. The van der Waals surface area contributed by atoms with Crippen molar-refractivity contribution in [3.63, 3.8) is 0 Å². The average Bonchev–Trinajstić information content (AvgIpc) is 2.97. The number of nitrogens with one attached hydrogen (secondary N) is 2. The lowest BCUT2D eigenvalue weighted by Gasteiger charge is -2.29. The van der Waals surface area contributed by atoms with Crippen LogP contribution in [0.4, 0.5) is 17.5 Å². The van der Waals surface area contributed by atoms with Crippen LogP contribution in [0.25, 0.3) is 10.9 Å². The maximum atomic E-state index is 11.8. The number of rotatable bonds is 5. The molecule has 1 fully saturated rings. The van der Waals surface area contributed by atoms with Gasteiger partial charge in [-0.1, -0.05) is 12.8 Å². The van der Waals surface area contributed by atoms with Gasteiger partial charge >= 0.3 is 0 Å². The minimum atomic E-state index is -0.702. The summed E-state index contributed by atoms with van der Waals surface area (Å²) in [5.41, 5.74) is 14.3. The lowest BCUT2D eigenvalue weighted by Crippen LogP contribution is -2.43. The Morgan fingerprint density at radius 1 is 1.24 bits per heavy atom. The Morgan fingerprint density at radius 2 is 2.03 bits per heavy atom. The number of primary amides is 1. The first-order chi connectivity index (χ1) is 13.9. The van der Waals surface area contributed by atoms with Crippen molar-refractivity contribution in [1.29, 1.82) is 0 Å². The number of aryl methyl sites for hydroxylation is 2. The van der Waals surface area contributed by atoms with E-state index in [9.17, 15) is 4.79 Å². The largest absolute Gasteiger partial charge is 0.364 e. The Bertz CT molecular complexity index is 1060. The molecule has 1 aliphatic carbocycles. The number of hydrogen-bond donors (Lipinski definition) is 4. The molecule has 1 saturated carbocycles. The van der Waals surface area contributed by atoms with E-state index >= 15 is 0 Å². The molecule has 0 saturated heterocycles. The Morgan fingerprint density at radius 3 is 2.79 bits per heavy atom. The zero-order valence-electron chi connectivity index (χ0n) is 16.5. The number of amides is 1. The molecule has 2 aromatic heterocycles. The van der Waals surface area contributed by atoms with Crippen molar-refractivity contribution >= 4 is 34.3 Å². The molecule has 0 aliphatic heterocycles. The van der Waals surface area contributed by atoms with Crippen molar-refractivity contribution in [1.82, 2.24) is 25.0 Å². The van der Waals surface area contributed by atoms with E-state index in [0.717, 1.165) is 48.0 Å². The summed E-state index contributed by atoms with van der Waals surface area (Å²) in [6.07, 6.45) is 4.14. The normalized spacial score (nSPS) is 19.3. The van der Waals surface area contributed by atoms with E-state index in [4.69, 9.17) is 11.5 Å². The number of fused-ring (bicyclic) bond motifs is 1. The lowest BCUT2D eigenvalue weighted by atomic mass is 9.91. The van der Waals surface area contributed by atoms with Gasteiger partial charge < -0.3 is 22.1 Å². The third kappa shape index (κ3) is 3.83. The zero-order chi connectivity index (χ0) is 20.5. The Kier molecular flexibility index (Phi) is 5.01. The van der Waals surface area contributed by atoms with Crippen molar-refractivity contribution < 1.29 is 4.79 Å². The smallest absolute Gasteiger partial charge is 0.273 e. The minimum Gasteiger partial charge on any atom is -0.364 e. The van der Waals surface area contributed by atoms with E-state index in [2.05, 4.69) is 30.9 Å². The molecule has 1 aromatic carbocycles. The van der Waals surface area contributed by atoms with Gasteiger partial charge in [-0.2, -0.15) is 10.1 Å². The van der Waals surface area contributed by atoms with Gasteiger partial charge in [0.2, 0.25) is 5.95 Å². The van der Waals surface area contributed by atoms with Crippen LogP contribution in [-0.2, 0) is 7.05 Å². The molecule has 0 unspecified atom stereocenters. The number of nitrogens with zero attached hydrogens (tertiary/aromatic N) is 5. The standard InChI is InChI=1S/C19H25N9O/c1-10-12-9-11(7-8-15(12)28(2)27-10)22-18-16(17(21)29)25-26-19(24-18)23-14-6-4-3-5-13(14)20/h7-9,13-14H,3-6,20H2,1-2H3,(H2,21,29)(H2,22,23,24,26)/t13-,14+/m0/s1. The molecule has 0 spiro atoms. The molecule has 2 heterocycles. The second kappa shape index (κ2) is 7.63. The number of hydrogen-bond acceptors (Lipinski definition) is 8. The van der Waals surface area contributed by atoms with Crippen LogP contribution in [0.15, 0.2) is 18.2 Å². The summed E-state index contributed by atoms with van der Waals surface area (Å²) in [5, 5.41) is 19.8. The van der Waals surface area contributed by atoms with Crippen molar-refractivity contribution in [2.45, 2.75) is 44.7 Å². The molecule has 3 aromatic rings. The average molecular weight is 395 g/mol. The summed E-state index contributed by atoms with van der Waals surface area (Å²) in [4.78, 5) is 16.3. The Balaban J connectivity index is 1.64. The van der Waals surface area contributed by atoms with Crippen LogP contribution in [0.5, 0.6) is 0 Å². The molecular weight excluding hydrogens is 370 g/mol. The summed E-state index contributed by atoms with van der Waals surface area (Å²) < 4.78 is 1.82. The van der Waals surface area contributed by atoms with Gasteiger partial charge in [-0.15, -0.1) is 10.2 Å². The van der Waals surface area contributed by atoms with Crippen LogP contribution in [0, 0.1) is 6.92 Å². The van der Waals surface area contributed by atoms with Crippen LogP contribution in [0.3, 0.4) is 0 Å². The van der Waals surface area contributed by atoms with Crippen LogP contribution < -0.4 is 22.1 Å². The molecule has 10 heteroatoms. The number of benzene rings is 1. The molecule has 0 bridgehead atoms. The van der Waals surface area contributed by atoms with Crippen molar-refractivity contribution in [3.05, 3.63) is 29.6 Å². The number of carbonyl (C=O) groups excluding carboxylic acids is 1. The highest BCUT2D eigenvalue weighted by Gasteiger charge is 2.23. The predicted molar refractivity (Wildman–Crippen MR) is 111 cm³/mol. The van der Waals surface area contributed by atoms with Crippen molar-refractivity contribution in [2.75, 3.05) is 10.6 Å². The van der Waals surface area contributed by atoms with E-state index in [1.165, 1.54) is 0 Å². The molecule has 1 aliphatic rings. The van der Waals surface area contributed by atoms with Gasteiger partial charge in [0, 0.05) is 30.2 Å². The van der Waals surface area contributed by atoms with Crippen molar-refractivity contribution in [2.24, 2.45) is 18.5 Å². The minimum absolute atomic E-state index is 0.0218. The van der Waals surface area contributed by atoms with E-state index in [0.29, 0.717) is 5.95 Å². The second-order valence-electron chi connectivity index (χ2n) is 7.46. The molecule has 29 heavy (non-hydrogen) atoms. The molecule has 152 valence electrons. The fraction of sp³-hybridized carbons (Fsp3) is 0.421. The Hall–Kier alpha value is -3.27. The van der Waals surface area contributed by atoms with Gasteiger partial charge in [0.25, 0.3) is 5.91 Å².